The van der Waals surface area contributed by atoms with Crippen molar-refractivity contribution in [3.63, 3.8) is 0 Å². The van der Waals surface area contributed by atoms with Gasteiger partial charge < -0.3 is 4.74 Å². The lowest BCUT2D eigenvalue weighted by Gasteiger charge is -2.33. The van der Waals surface area contributed by atoms with Crippen LogP contribution in [0.3, 0.4) is 0 Å². The summed E-state index contributed by atoms with van der Waals surface area (Å²) in [5.41, 5.74) is 12.5. The Morgan fingerprint density at radius 2 is 1.55 bits per heavy atom. The van der Waals surface area contributed by atoms with Crippen molar-refractivity contribution in [2.45, 2.75) is 59.2 Å². The van der Waals surface area contributed by atoms with E-state index >= 15 is 0 Å². The van der Waals surface area contributed by atoms with Crippen LogP contribution in [0.4, 0.5) is 0 Å². The number of nitrogens with zero attached hydrogens (tertiary/aromatic N) is 3. The summed E-state index contributed by atoms with van der Waals surface area (Å²) in [6, 6.07) is 28.3. The lowest BCUT2D eigenvalue weighted by Crippen LogP contribution is -2.78. The van der Waals surface area contributed by atoms with Crippen molar-refractivity contribution in [3.05, 3.63) is 167 Å². The number of hydrogen-bond donors (Lipinski definition) is 0. The van der Waals surface area contributed by atoms with Crippen molar-refractivity contribution in [1.82, 2.24) is 4.57 Å². The Balaban J connectivity index is 1.34. The molecule has 0 saturated heterocycles. The molecule has 4 heteroatoms. The highest BCUT2D eigenvalue weighted by atomic mass is 16.5. The lowest BCUT2D eigenvalue weighted by molar-refractivity contribution is -0.997. The predicted octanol–water partition coefficient (Wildman–Crippen LogP) is 11.2. The van der Waals surface area contributed by atoms with E-state index < -0.39 is 42.1 Å². The van der Waals surface area contributed by atoms with Crippen molar-refractivity contribution in [3.8, 4) is 67.5 Å². The third kappa shape index (κ3) is 4.28. The number of aromatic nitrogens is 3. The number of rotatable bonds is 4. The van der Waals surface area contributed by atoms with Crippen molar-refractivity contribution in [2.24, 2.45) is 0 Å². The maximum absolute atomic E-state index is 10.1. The first kappa shape index (κ1) is 24.9. The van der Waals surface area contributed by atoms with Gasteiger partial charge in [-0.3, -0.25) is 0 Å². The second-order valence-electron chi connectivity index (χ2n) is 16.0. The van der Waals surface area contributed by atoms with Gasteiger partial charge in [0, 0.05) is 23.2 Å². The minimum absolute atomic E-state index is 0.202. The molecule has 0 amide bonds. The first-order valence-corrected chi connectivity index (χ1v) is 18.9. The molecule has 2 aromatic heterocycles. The fourth-order valence-electron chi connectivity index (χ4n) is 9.17. The Labute approximate surface area is 333 Å². The van der Waals surface area contributed by atoms with E-state index in [1.807, 2.05) is 19.1 Å². The van der Waals surface area contributed by atoms with Gasteiger partial charge in [-0.15, -0.1) is 9.13 Å². The van der Waals surface area contributed by atoms with Crippen LogP contribution in [0.15, 0.2) is 139 Å². The molecular formula is C51H43N3O+2. The quantitative estimate of drug-likeness (QED) is 0.166. The van der Waals surface area contributed by atoms with Crippen LogP contribution in [-0.4, -0.2) is 4.57 Å². The molecule has 11 rings (SSSR count). The number of imidazole rings is 1. The molecule has 8 aromatic rings. The van der Waals surface area contributed by atoms with Crippen LogP contribution in [0.2, 0.25) is 0 Å². The highest BCUT2D eigenvalue weighted by Crippen LogP contribution is 2.55. The SMILES string of the molecule is [2H]c1c([2H])c([2H])c(-c2c([2H])c([2H])[n+]3c(c2[2H])-c2cc(C(C)(C)C)cc4c2C32Oc3c(C)cc(C)cc3-c3n(-c5ccc(-c6ccccc6)c(CC)c5)c5cccc-4c5[n+]32)c([2H])c1[2H]. The fraction of sp³-hybridized carbons (Fsp3) is 0.176. The molecule has 5 heterocycles. The van der Waals surface area contributed by atoms with Crippen LogP contribution in [0, 0.1) is 13.8 Å². The van der Waals surface area contributed by atoms with E-state index in [2.05, 4.69) is 123 Å². The van der Waals surface area contributed by atoms with E-state index in [1.54, 1.807) is 4.57 Å². The molecule has 3 aliphatic heterocycles. The van der Waals surface area contributed by atoms with E-state index in [0.29, 0.717) is 16.9 Å². The van der Waals surface area contributed by atoms with E-state index in [0.717, 1.165) is 73.5 Å². The van der Waals surface area contributed by atoms with Crippen LogP contribution in [0.25, 0.3) is 72.7 Å². The van der Waals surface area contributed by atoms with Crippen molar-refractivity contribution in [2.75, 3.05) is 0 Å². The third-order valence-electron chi connectivity index (χ3n) is 11.6. The highest BCUT2D eigenvalue weighted by molar-refractivity contribution is 5.98. The smallest absolute Gasteiger partial charge is 0.392 e. The molecule has 0 bridgehead atoms. The zero-order valence-electron chi connectivity index (χ0n) is 39.6. The topological polar surface area (TPSA) is 21.9 Å². The number of ether oxygens (including phenoxy) is 1. The fourth-order valence-corrected chi connectivity index (χ4v) is 9.17. The lowest BCUT2D eigenvalue weighted by atomic mass is 9.80. The second-order valence-corrected chi connectivity index (χ2v) is 16.0. The summed E-state index contributed by atoms with van der Waals surface area (Å²) in [6.45, 7) is 12.6. The summed E-state index contributed by atoms with van der Waals surface area (Å²) in [7, 11) is 0. The molecule has 0 saturated carbocycles. The van der Waals surface area contributed by atoms with Gasteiger partial charge in [0.1, 0.15) is 18.2 Å². The zero-order valence-corrected chi connectivity index (χ0v) is 31.6. The maximum Gasteiger partial charge on any atom is 0.499 e. The maximum atomic E-state index is 10.1. The summed E-state index contributed by atoms with van der Waals surface area (Å²) >= 11 is 0. The molecule has 0 aliphatic carbocycles. The van der Waals surface area contributed by atoms with Gasteiger partial charge in [-0.25, -0.2) is 0 Å². The van der Waals surface area contributed by atoms with Crippen molar-refractivity contribution < 1.29 is 24.8 Å². The van der Waals surface area contributed by atoms with Gasteiger partial charge in [0.25, 0.3) is 0 Å². The zero-order chi connectivity index (χ0) is 44.3. The summed E-state index contributed by atoms with van der Waals surface area (Å²) in [6.07, 6.45) is 0.472. The second kappa shape index (κ2) is 11.1. The normalized spacial score (nSPS) is 17.8. The number of hydrogen-bond acceptors (Lipinski definition) is 1. The average Bonchev–Trinajstić information content (AvgIpc) is 3.77. The molecule has 4 nitrogen and oxygen atoms in total. The molecule has 3 aliphatic rings. The highest BCUT2D eigenvalue weighted by Gasteiger charge is 2.68. The first-order chi connectivity index (χ1) is 30.0. The van der Waals surface area contributed by atoms with Gasteiger partial charge in [-0.1, -0.05) is 100 Å². The first-order valence-electron chi connectivity index (χ1n) is 22.9. The van der Waals surface area contributed by atoms with E-state index in [1.165, 1.54) is 5.56 Å². The molecule has 0 radical (unpaired) electrons. The minimum Gasteiger partial charge on any atom is -0.392 e. The van der Waals surface area contributed by atoms with E-state index in [-0.39, 0.29) is 34.5 Å². The summed E-state index contributed by atoms with van der Waals surface area (Å²) in [5, 5.41) is 0. The van der Waals surface area contributed by atoms with Gasteiger partial charge in [-0.2, -0.15) is 4.57 Å². The van der Waals surface area contributed by atoms with E-state index in [9.17, 15) is 4.11 Å². The molecule has 1 atom stereocenters. The number of pyridine rings is 1. The van der Waals surface area contributed by atoms with Gasteiger partial charge in [0.2, 0.25) is 5.69 Å². The number of para-hydroxylation sites is 1. The largest absolute Gasteiger partial charge is 0.499 e. The molecule has 0 N–H and O–H groups in total. The molecule has 1 spiro atoms. The Morgan fingerprint density at radius 3 is 2.33 bits per heavy atom. The van der Waals surface area contributed by atoms with Gasteiger partial charge >= 0.3 is 11.7 Å². The Morgan fingerprint density at radius 1 is 0.745 bits per heavy atom. The summed E-state index contributed by atoms with van der Waals surface area (Å²) < 4.78 is 86.8. The summed E-state index contributed by atoms with van der Waals surface area (Å²) in [4.78, 5) is 0. The van der Waals surface area contributed by atoms with Gasteiger partial charge in [-0.05, 0) is 119 Å². The van der Waals surface area contributed by atoms with Crippen LogP contribution >= 0.6 is 0 Å². The van der Waals surface area contributed by atoms with Crippen molar-refractivity contribution >= 4 is 11.0 Å². The predicted molar refractivity (Wildman–Crippen MR) is 221 cm³/mol. The summed E-state index contributed by atoms with van der Waals surface area (Å²) in [5.74, 6) is -0.243. The minimum atomic E-state index is -1.66. The Kier molecular flexibility index (Phi) is 5.05. The van der Waals surface area contributed by atoms with E-state index in [4.69, 9.17) is 11.6 Å². The standard InChI is InChI=1S/C51H43N3O/c1-7-33-27-38(21-22-39(33)35-17-12-9-13-18-35)53-44-20-14-19-40-41-29-37(50(4,5)6)30-42-45-28-36(34-15-10-8-11-16-34)23-24-52(45)51(46(41)42)54(47(40)44)49(53)43-26-31(2)25-32(3)48(43)55-51/h8-30H,7H2,1-6H3/q+2/i8D,10D,11D,15D,16D,23D,24D,28D. The van der Waals surface area contributed by atoms with Crippen molar-refractivity contribution in [1.29, 1.82) is 0 Å². The van der Waals surface area contributed by atoms with Crippen LogP contribution in [-0.2, 0) is 17.7 Å². The van der Waals surface area contributed by atoms with Crippen LogP contribution in [0.5, 0.6) is 5.75 Å². The van der Waals surface area contributed by atoms with Gasteiger partial charge in [0.15, 0.2) is 23.0 Å². The average molecular weight is 722 g/mol. The molecule has 0 fully saturated rings. The monoisotopic (exact) mass is 721 g/mol. The molecule has 55 heavy (non-hydrogen) atoms. The number of aryl methyl sites for hydroxylation is 3. The molecule has 6 aromatic carbocycles. The third-order valence-corrected chi connectivity index (χ3v) is 11.6. The van der Waals surface area contributed by atoms with Gasteiger partial charge in [0.05, 0.1) is 15.2 Å². The molecular weight excluding hydrogens is 671 g/mol. The van der Waals surface area contributed by atoms with Crippen LogP contribution in [0.1, 0.15) is 66.5 Å². The molecule has 1 unspecified atom stereocenters. The van der Waals surface area contributed by atoms with Crippen LogP contribution < -0.4 is 13.9 Å². The Bertz CT molecular complexity index is 3380. The molecule has 266 valence electrons. The number of fused-ring (bicyclic) bond motifs is 5. The number of benzene rings is 6. The Hall–Kier alpha value is -6.26.